The maximum Gasteiger partial charge on any atom is 0.263 e. The van der Waals surface area contributed by atoms with Gasteiger partial charge in [-0.1, -0.05) is 12.1 Å². The molecule has 1 saturated heterocycles. The Bertz CT molecular complexity index is 781. The Morgan fingerprint density at radius 3 is 2.30 bits per heavy atom. The Kier molecular flexibility index (Phi) is 5.89. The molecule has 0 aromatic heterocycles. The molecule has 3 rings (SSSR count). The molecule has 5 heteroatoms. The van der Waals surface area contributed by atoms with E-state index in [-0.39, 0.29) is 5.91 Å². The lowest BCUT2D eigenvalue weighted by Crippen LogP contribution is -2.52. The van der Waals surface area contributed by atoms with Crippen molar-refractivity contribution < 1.29 is 14.3 Å². The topological polar surface area (TPSA) is 42.0 Å². The van der Waals surface area contributed by atoms with Crippen LogP contribution >= 0.6 is 0 Å². The van der Waals surface area contributed by atoms with Crippen LogP contribution in [0.3, 0.4) is 0 Å². The van der Waals surface area contributed by atoms with Gasteiger partial charge < -0.3 is 19.3 Å². The van der Waals surface area contributed by atoms with Crippen LogP contribution in [0, 0.1) is 13.8 Å². The molecule has 0 bridgehead atoms. The first-order chi connectivity index (χ1) is 13.0. The minimum atomic E-state index is -0.488. The van der Waals surface area contributed by atoms with Gasteiger partial charge in [0.15, 0.2) is 6.10 Å². The Morgan fingerprint density at radius 1 is 1.00 bits per heavy atom. The van der Waals surface area contributed by atoms with Crippen molar-refractivity contribution in [1.82, 2.24) is 4.90 Å². The Morgan fingerprint density at radius 2 is 1.67 bits per heavy atom. The number of ether oxygens (including phenoxy) is 2. The molecule has 2 aromatic carbocycles. The predicted molar refractivity (Wildman–Crippen MR) is 108 cm³/mol. The van der Waals surface area contributed by atoms with Gasteiger partial charge in [-0.05, 0) is 62.2 Å². The fourth-order valence-electron chi connectivity index (χ4n) is 3.33. The smallest absolute Gasteiger partial charge is 0.263 e. The number of benzene rings is 2. The summed E-state index contributed by atoms with van der Waals surface area (Å²) in [7, 11) is 1.67. The summed E-state index contributed by atoms with van der Waals surface area (Å²) in [4.78, 5) is 17.0. The van der Waals surface area contributed by atoms with Crippen LogP contribution in [-0.2, 0) is 4.79 Å². The third kappa shape index (κ3) is 4.35. The largest absolute Gasteiger partial charge is 0.497 e. The van der Waals surface area contributed by atoms with Gasteiger partial charge in [0.05, 0.1) is 7.11 Å². The van der Waals surface area contributed by atoms with E-state index in [1.807, 2.05) is 56.0 Å². The van der Waals surface area contributed by atoms with Gasteiger partial charge in [-0.15, -0.1) is 0 Å². The Labute approximate surface area is 161 Å². The normalized spacial score (nSPS) is 15.4. The fourth-order valence-corrected chi connectivity index (χ4v) is 3.33. The average molecular weight is 368 g/mol. The van der Waals surface area contributed by atoms with E-state index in [4.69, 9.17) is 9.47 Å². The van der Waals surface area contributed by atoms with Crippen LogP contribution in [0.2, 0.25) is 0 Å². The number of hydrogen-bond donors (Lipinski definition) is 0. The Balaban J connectivity index is 1.56. The summed E-state index contributed by atoms with van der Waals surface area (Å²) in [6, 6.07) is 14.0. The first-order valence-electron chi connectivity index (χ1n) is 9.40. The Hall–Kier alpha value is -2.69. The van der Waals surface area contributed by atoms with Crippen molar-refractivity contribution in [2.45, 2.75) is 26.9 Å². The quantitative estimate of drug-likeness (QED) is 0.811. The number of anilines is 1. The van der Waals surface area contributed by atoms with E-state index < -0.39 is 6.10 Å². The number of hydrogen-bond acceptors (Lipinski definition) is 4. The first kappa shape index (κ1) is 19.1. The number of aryl methyl sites for hydroxylation is 1. The molecule has 0 unspecified atom stereocenters. The molecule has 1 aliphatic rings. The molecule has 1 heterocycles. The number of rotatable bonds is 5. The zero-order valence-electron chi connectivity index (χ0n) is 16.6. The van der Waals surface area contributed by atoms with Gasteiger partial charge in [-0.3, -0.25) is 4.79 Å². The van der Waals surface area contributed by atoms with Gasteiger partial charge in [0.2, 0.25) is 0 Å². The van der Waals surface area contributed by atoms with Gasteiger partial charge in [0.1, 0.15) is 11.5 Å². The third-order valence-corrected chi connectivity index (χ3v) is 5.24. The minimum absolute atomic E-state index is 0.0466. The van der Waals surface area contributed by atoms with Crippen LogP contribution < -0.4 is 14.4 Å². The van der Waals surface area contributed by atoms with Crippen LogP contribution in [0.1, 0.15) is 18.1 Å². The molecule has 0 spiro atoms. The number of methoxy groups -OCH3 is 1. The molecule has 144 valence electrons. The number of nitrogens with zero attached hydrogens (tertiary/aromatic N) is 2. The number of carbonyl (C=O) groups is 1. The SMILES string of the molecule is COc1ccc(N2CCN(C(=O)[C@H](C)Oc3cccc(C)c3C)CC2)cc1. The van der Waals surface area contributed by atoms with Crippen molar-refractivity contribution in [3.05, 3.63) is 53.6 Å². The second-order valence-electron chi connectivity index (χ2n) is 6.97. The molecule has 2 aromatic rings. The van der Waals surface area contributed by atoms with Crippen LogP contribution in [-0.4, -0.2) is 50.2 Å². The monoisotopic (exact) mass is 368 g/mol. The van der Waals surface area contributed by atoms with E-state index in [1.54, 1.807) is 7.11 Å². The molecular weight excluding hydrogens is 340 g/mol. The summed E-state index contributed by atoms with van der Waals surface area (Å²) in [5.41, 5.74) is 3.41. The first-order valence-corrected chi connectivity index (χ1v) is 9.40. The van der Waals surface area contributed by atoms with E-state index >= 15 is 0 Å². The van der Waals surface area contributed by atoms with E-state index in [2.05, 4.69) is 17.0 Å². The lowest BCUT2D eigenvalue weighted by molar-refractivity contribution is -0.138. The molecule has 1 aliphatic heterocycles. The lowest BCUT2D eigenvalue weighted by Gasteiger charge is -2.37. The molecule has 5 nitrogen and oxygen atoms in total. The predicted octanol–water partition coefficient (Wildman–Crippen LogP) is 3.43. The van der Waals surface area contributed by atoms with Crippen molar-refractivity contribution in [2.75, 3.05) is 38.2 Å². The summed E-state index contributed by atoms with van der Waals surface area (Å²) in [6.07, 6.45) is -0.488. The van der Waals surface area contributed by atoms with Gasteiger partial charge in [0.25, 0.3) is 5.91 Å². The highest BCUT2D eigenvalue weighted by Crippen LogP contribution is 2.23. The van der Waals surface area contributed by atoms with Gasteiger partial charge >= 0.3 is 0 Å². The van der Waals surface area contributed by atoms with Crippen molar-refractivity contribution in [3.8, 4) is 11.5 Å². The average Bonchev–Trinajstić information content (AvgIpc) is 2.71. The van der Waals surface area contributed by atoms with Crippen molar-refractivity contribution in [3.63, 3.8) is 0 Å². The highest BCUT2D eigenvalue weighted by Gasteiger charge is 2.26. The zero-order valence-corrected chi connectivity index (χ0v) is 16.6. The van der Waals surface area contributed by atoms with E-state index in [1.165, 1.54) is 5.56 Å². The minimum Gasteiger partial charge on any atom is -0.497 e. The summed E-state index contributed by atoms with van der Waals surface area (Å²) in [6.45, 7) is 8.93. The highest BCUT2D eigenvalue weighted by atomic mass is 16.5. The second kappa shape index (κ2) is 8.33. The lowest BCUT2D eigenvalue weighted by atomic mass is 10.1. The number of carbonyl (C=O) groups excluding carboxylic acids is 1. The fraction of sp³-hybridized carbons (Fsp3) is 0.409. The van der Waals surface area contributed by atoms with Crippen molar-refractivity contribution >= 4 is 11.6 Å². The van der Waals surface area contributed by atoms with E-state index in [9.17, 15) is 4.79 Å². The van der Waals surface area contributed by atoms with Crippen molar-refractivity contribution in [1.29, 1.82) is 0 Å². The van der Waals surface area contributed by atoms with E-state index in [0.29, 0.717) is 13.1 Å². The maximum absolute atomic E-state index is 12.8. The van der Waals surface area contributed by atoms with Crippen LogP contribution in [0.5, 0.6) is 11.5 Å². The van der Waals surface area contributed by atoms with Gasteiger partial charge in [-0.25, -0.2) is 0 Å². The standard InChI is InChI=1S/C22H28N2O3/c1-16-6-5-7-21(17(16)2)27-18(3)22(25)24-14-12-23(13-15-24)19-8-10-20(26-4)11-9-19/h5-11,18H,12-15H2,1-4H3/t18-/m0/s1. The molecule has 1 fully saturated rings. The van der Waals surface area contributed by atoms with Crippen molar-refractivity contribution in [2.24, 2.45) is 0 Å². The number of amides is 1. The maximum atomic E-state index is 12.8. The summed E-state index contributed by atoms with van der Waals surface area (Å²) >= 11 is 0. The molecule has 0 saturated carbocycles. The molecule has 0 radical (unpaired) electrons. The summed E-state index contributed by atoms with van der Waals surface area (Å²) in [5.74, 6) is 1.68. The third-order valence-electron chi connectivity index (χ3n) is 5.24. The molecule has 0 N–H and O–H groups in total. The van der Waals surface area contributed by atoms with Gasteiger partial charge in [-0.2, -0.15) is 0 Å². The molecule has 0 aliphatic carbocycles. The summed E-state index contributed by atoms with van der Waals surface area (Å²) < 4.78 is 11.2. The molecule has 1 atom stereocenters. The molecule has 27 heavy (non-hydrogen) atoms. The molecule has 1 amide bonds. The highest BCUT2D eigenvalue weighted by molar-refractivity contribution is 5.81. The molecular formula is C22H28N2O3. The zero-order chi connectivity index (χ0) is 19.4. The number of piperazine rings is 1. The van der Waals surface area contributed by atoms with Gasteiger partial charge in [0, 0.05) is 31.9 Å². The van der Waals surface area contributed by atoms with Crippen LogP contribution in [0.25, 0.3) is 0 Å². The van der Waals surface area contributed by atoms with Crippen LogP contribution in [0.4, 0.5) is 5.69 Å². The van der Waals surface area contributed by atoms with E-state index in [0.717, 1.165) is 35.8 Å². The second-order valence-corrected chi connectivity index (χ2v) is 6.97. The van der Waals surface area contributed by atoms with Crippen LogP contribution in [0.15, 0.2) is 42.5 Å². The summed E-state index contributed by atoms with van der Waals surface area (Å²) in [5, 5.41) is 0.